The van der Waals surface area contributed by atoms with E-state index >= 15 is 0 Å². The average Bonchev–Trinajstić information content (AvgIpc) is 2.96. The fourth-order valence-electron chi connectivity index (χ4n) is 3.33. The topological polar surface area (TPSA) is 87.1 Å². The fourth-order valence-corrected chi connectivity index (χ4v) is 3.57. The quantitative estimate of drug-likeness (QED) is 0.314. The number of hydrogen-bond acceptors (Lipinski definition) is 5. The van der Waals surface area contributed by atoms with Crippen LogP contribution in [0, 0.1) is 6.92 Å². The van der Waals surface area contributed by atoms with Crippen LogP contribution in [0.4, 0.5) is 0 Å². The molecule has 152 valence electrons. The molecule has 3 rings (SSSR count). The molecule has 2 N–H and O–H groups in total. The SMILES string of the molecule is Cc1ccc(/C(O)=C2\C(=O)C(=O)N(CCOCCO)C2c2ccccc2Cl)cc1. The molecule has 1 unspecified atom stereocenters. The normalized spacial score (nSPS) is 18.4. The summed E-state index contributed by atoms with van der Waals surface area (Å²) in [6.07, 6.45) is 0. The van der Waals surface area contributed by atoms with E-state index in [9.17, 15) is 14.7 Å². The summed E-state index contributed by atoms with van der Waals surface area (Å²) in [6.45, 7) is 2.16. The molecule has 0 aromatic heterocycles. The number of aryl methyl sites for hydroxylation is 1. The Bertz CT molecular complexity index is 938. The Morgan fingerprint density at radius 2 is 1.79 bits per heavy atom. The molecule has 1 aliphatic heterocycles. The first-order chi connectivity index (χ1) is 14.0. The van der Waals surface area contributed by atoms with Crippen LogP contribution in [0.1, 0.15) is 22.7 Å². The molecular weight excluding hydrogens is 394 g/mol. The lowest BCUT2D eigenvalue weighted by Gasteiger charge is -2.26. The van der Waals surface area contributed by atoms with Gasteiger partial charge in [-0.3, -0.25) is 9.59 Å². The minimum Gasteiger partial charge on any atom is -0.507 e. The number of aliphatic hydroxyl groups excluding tert-OH is 2. The first-order valence-corrected chi connectivity index (χ1v) is 9.62. The Labute approximate surface area is 174 Å². The maximum atomic E-state index is 12.8. The third-order valence-electron chi connectivity index (χ3n) is 4.78. The van der Waals surface area contributed by atoms with Crippen LogP contribution in [0.25, 0.3) is 5.76 Å². The van der Waals surface area contributed by atoms with Crippen LogP contribution in [0.2, 0.25) is 5.02 Å². The highest BCUT2D eigenvalue weighted by Crippen LogP contribution is 2.41. The third-order valence-corrected chi connectivity index (χ3v) is 5.12. The summed E-state index contributed by atoms with van der Waals surface area (Å²) in [4.78, 5) is 26.9. The number of hydrogen-bond donors (Lipinski definition) is 2. The standard InChI is InChI=1S/C22H22ClNO5/c1-14-6-8-15(9-7-14)20(26)18-19(16-4-2-3-5-17(16)23)24(22(28)21(18)27)10-12-29-13-11-25/h2-9,19,25-26H,10-13H2,1H3/b20-18+. The van der Waals surface area contributed by atoms with Gasteiger partial charge in [0.25, 0.3) is 11.7 Å². The fraction of sp³-hybridized carbons (Fsp3) is 0.273. The number of Topliss-reactive ketones (excluding diaryl/α,β-unsaturated/α-hetero) is 1. The van der Waals surface area contributed by atoms with Gasteiger partial charge in [-0.2, -0.15) is 0 Å². The molecule has 1 amide bonds. The molecule has 1 heterocycles. The maximum absolute atomic E-state index is 12.8. The highest BCUT2D eigenvalue weighted by atomic mass is 35.5. The minimum atomic E-state index is -0.831. The van der Waals surface area contributed by atoms with E-state index in [2.05, 4.69) is 0 Å². The van der Waals surface area contributed by atoms with E-state index in [0.29, 0.717) is 16.1 Å². The number of benzene rings is 2. The third kappa shape index (κ3) is 4.34. The van der Waals surface area contributed by atoms with Crippen LogP contribution < -0.4 is 0 Å². The van der Waals surface area contributed by atoms with E-state index in [1.54, 1.807) is 36.4 Å². The van der Waals surface area contributed by atoms with Crippen LogP contribution in [0.5, 0.6) is 0 Å². The first-order valence-electron chi connectivity index (χ1n) is 9.24. The Morgan fingerprint density at radius 3 is 2.45 bits per heavy atom. The van der Waals surface area contributed by atoms with E-state index < -0.39 is 17.7 Å². The Morgan fingerprint density at radius 1 is 1.10 bits per heavy atom. The van der Waals surface area contributed by atoms with Crippen LogP contribution in [-0.4, -0.2) is 53.2 Å². The van der Waals surface area contributed by atoms with Crippen LogP contribution in [-0.2, 0) is 14.3 Å². The Hall–Kier alpha value is -2.67. The molecule has 1 aliphatic rings. The second-order valence-corrected chi connectivity index (χ2v) is 7.12. The van der Waals surface area contributed by atoms with Crippen molar-refractivity contribution in [2.24, 2.45) is 0 Å². The lowest BCUT2D eigenvalue weighted by atomic mass is 9.95. The lowest BCUT2D eigenvalue weighted by molar-refractivity contribution is -0.140. The van der Waals surface area contributed by atoms with Crippen molar-refractivity contribution in [1.82, 2.24) is 4.90 Å². The van der Waals surface area contributed by atoms with Gasteiger partial charge in [0.15, 0.2) is 0 Å². The van der Waals surface area contributed by atoms with Crippen LogP contribution in [0.3, 0.4) is 0 Å². The summed E-state index contributed by atoms with van der Waals surface area (Å²) in [7, 11) is 0. The highest BCUT2D eigenvalue weighted by Gasteiger charge is 2.46. The number of likely N-dealkylation sites (tertiary alicyclic amines) is 1. The van der Waals surface area contributed by atoms with Crippen LogP contribution in [0.15, 0.2) is 54.1 Å². The van der Waals surface area contributed by atoms with Gasteiger partial charge in [0.2, 0.25) is 0 Å². The van der Waals surface area contributed by atoms with E-state index in [1.165, 1.54) is 4.90 Å². The molecule has 0 aliphatic carbocycles. The molecule has 1 saturated heterocycles. The van der Waals surface area contributed by atoms with Crippen molar-refractivity contribution in [2.45, 2.75) is 13.0 Å². The minimum absolute atomic E-state index is 0.00545. The van der Waals surface area contributed by atoms with E-state index in [1.807, 2.05) is 19.1 Å². The number of halogens is 1. The largest absolute Gasteiger partial charge is 0.507 e. The highest BCUT2D eigenvalue weighted by molar-refractivity contribution is 6.47. The van der Waals surface area contributed by atoms with Crippen molar-refractivity contribution in [2.75, 3.05) is 26.4 Å². The summed E-state index contributed by atoms with van der Waals surface area (Å²) in [6, 6.07) is 13.1. The Balaban J connectivity index is 2.08. The molecule has 0 radical (unpaired) electrons. The van der Waals surface area contributed by atoms with Gasteiger partial charge in [-0.1, -0.05) is 59.6 Å². The summed E-state index contributed by atoms with van der Waals surface area (Å²) in [5.74, 6) is -1.74. The number of nitrogens with zero attached hydrogens (tertiary/aromatic N) is 1. The monoisotopic (exact) mass is 415 g/mol. The Kier molecular flexibility index (Phi) is 6.69. The number of rotatable bonds is 7. The number of ketones is 1. The van der Waals surface area contributed by atoms with Crippen molar-refractivity contribution in [3.8, 4) is 0 Å². The van der Waals surface area contributed by atoms with Crippen molar-refractivity contribution >= 4 is 29.1 Å². The molecule has 1 fully saturated rings. The second-order valence-electron chi connectivity index (χ2n) is 6.72. The van der Waals surface area contributed by atoms with Crippen molar-refractivity contribution in [3.05, 3.63) is 75.8 Å². The lowest BCUT2D eigenvalue weighted by Crippen LogP contribution is -2.33. The zero-order valence-electron chi connectivity index (χ0n) is 16.0. The first kappa shape index (κ1) is 21.0. The number of carbonyl (C=O) groups excluding carboxylic acids is 2. The van der Waals surface area contributed by atoms with E-state index in [-0.39, 0.29) is 37.7 Å². The zero-order chi connectivity index (χ0) is 21.0. The second kappa shape index (κ2) is 9.22. The predicted octanol–water partition coefficient (Wildman–Crippen LogP) is 3.08. The molecule has 7 heteroatoms. The molecule has 0 spiro atoms. The summed E-state index contributed by atoms with van der Waals surface area (Å²) in [5, 5.41) is 20.2. The molecule has 2 aromatic carbocycles. The van der Waals surface area contributed by atoms with Crippen LogP contribution >= 0.6 is 11.6 Å². The van der Waals surface area contributed by atoms with Gasteiger partial charge in [0.05, 0.1) is 31.4 Å². The summed E-state index contributed by atoms with van der Waals surface area (Å²) < 4.78 is 5.27. The van der Waals surface area contributed by atoms with E-state index in [0.717, 1.165) is 5.56 Å². The van der Waals surface area contributed by atoms with E-state index in [4.69, 9.17) is 21.4 Å². The smallest absolute Gasteiger partial charge is 0.295 e. The number of ether oxygens (including phenoxy) is 1. The van der Waals surface area contributed by atoms with Crippen molar-refractivity contribution < 1.29 is 24.5 Å². The van der Waals surface area contributed by atoms with Crippen molar-refractivity contribution in [3.63, 3.8) is 0 Å². The van der Waals surface area contributed by atoms with Gasteiger partial charge in [-0.15, -0.1) is 0 Å². The van der Waals surface area contributed by atoms with Gasteiger partial charge in [-0.05, 0) is 18.6 Å². The molecule has 0 bridgehead atoms. The molecule has 0 saturated carbocycles. The molecule has 2 aromatic rings. The number of carbonyl (C=O) groups is 2. The predicted molar refractivity (Wildman–Crippen MR) is 110 cm³/mol. The average molecular weight is 416 g/mol. The number of amides is 1. The van der Waals surface area contributed by atoms with Gasteiger partial charge in [-0.25, -0.2) is 0 Å². The number of aliphatic hydroxyl groups is 2. The van der Waals surface area contributed by atoms with Gasteiger partial charge in [0.1, 0.15) is 5.76 Å². The summed E-state index contributed by atoms with van der Waals surface area (Å²) in [5.41, 5.74) is 1.99. The zero-order valence-corrected chi connectivity index (χ0v) is 16.7. The summed E-state index contributed by atoms with van der Waals surface area (Å²) >= 11 is 6.37. The molecule has 29 heavy (non-hydrogen) atoms. The maximum Gasteiger partial charge on any atom is 0.295 e. The van der Waals surface area contributed by atoms with Gasteiger partial charge >= 0.3 is 0 Å². The molecule has 1 atom stereocenters. The molecular formula is C22H22ClNO5. The molecule has 6 nitrogen and oxygen atoms in total. The van der Waals surface area contributed by atoms with Crippen molar-refractivity contribution in [1.29, 1.82) is 0 Å². The van der Waals surface area contributed by atoms with Gasteiger partial charge < -0.3 is 19.8 Å². The van der Waals surface area contributed by atoms with Gasteiger partial charge in [0, 0.05) is 17.1 Å².